The Balaban J connectivity index is 0.000000414. The van der Waals surface area contributed by atoms with Gasteiger partial charge in [0.25, 0.3) is 0 Å². The second-order valence-electron chi connectivity index (χ2n) is 8.97. The molecule has 14 heteroatoms. The summed E-state index contributed by atoms with van der Waals surface area (Å²) >= 11 is 0. The van der Waals surface area contributed by atoms with Gasteiger partial charge in [-0.05, 0) is 31.9 Å². The van der Waals surface area contributed by atoms with Crippen molar-refractivity contribution in [3.8, 4) is 6.07 Å². The van der Waals surface area contributed by atoms with Crippen LogP contribution in [0.1, 0.15) is 44.7 Å². The highest BCUT2D eigenvalue weighted by atomic mass is 16.7. The first-order valence-electron chi connectivity index (χ1n) is 11.3. The van der Waals surface area contributed by atoms with Crippen LogP contribution in [0.15, 0.2) is 30.6 Å². The molecule has 2 aromatic heterocycles. The number of carbonyl (C=O) groups excluding carboxylic acids is 1. The Kier molecular flexibility index (Phi) is 8.12. The van der Waals surface area contributed by atoms with E-state index in [1.165, 1.54) is 16.9 Å². The number of rotatable bonds is 5. The molecule has 0 unspecified atom stereocenters. The molecule has 0 radical (unpaired) electrons. The number of carbonyl (C=O) groups is 3. The van der Waals surface area contributed by atoms with Gasteiger partial charge in [0, 0.05) is 12.2 Å². The molecular formula is C23H27N5O9. The molecule has 198 valence electrons. The Hall–Kier alpha value is -4.06. The summed E-state index contributed by atoms with van der Waals surface area (Å²) in [4.78, 5) is 35.7. The molecule has 1 aliphatic heterocycles. The van der Waals surface area contributed by atoms with E-state index in [4.69, 9.17) is 25.4 Å². The average molecular weight is 517 g/mol. The van der Waals surface area contributed by atoms with Gasteiger partial charge in [0.15, 0.2) is 5.82 Å². The molecule has 1 saturated carbocycles. The van der Waals surface area contributed by atoms with E-state index in [0.29, 0.717) is 30.5 Å². The first-order chi connectivity index (χ1) is 17.4. The fourth-order valence-electron chi connectivity index (χ4n) is 4.33. The SMILES string of the molecule is CC1(C(=O)O[C@H]2O[C@@](C#N)(c3ccc4c(N)ncnn34)[C@H](O)[C@@H]2O)CCCCC1.O=C(O)/C=C\C(=O)O. The lowest BCUT2D eigenvalue weighted by molar-refractivity contribution is -0.206. The number of nitrogen functional groups attached to an aromatic ring is 1. The maximum absolute atomic E-state index is 12.8. The Bertz CT molecular complexity index is 1230. The molecule has 1 saturated heterocycles. The van der Waals surface area contributed by atoms with Gasteiger partial charge in [-0.2, -0.15) is 10.4 Å². The standard InChI is InChI=1S/C19H23N5O5.C4H4O4/c1-18(7-3-2-4-8-18)17(27)28-16-13(25)14(26)19(9-20,29-16)12-6-5-11-15(21)22-10-23-24(11)12;5-3(6)1-2-4(7)8/h5-6,10,13-14,16,25-26H,2-4,7-8H2,1H3,(H2,21,22,23);1-2H,(H,5,6)(H,7,8)/b;2-1-/t13-,14+,16-,19-;/m0./s1. The normalized spacial score (nSPS) is 26.7. The van der Waals surface area contributed by atoms with Crippen LogP contribution in [0, 0.1) is 16.7 Å². The van der Waals surface area contributed by atoms with Crippen LogP contribution in [0.3, 0.4) is 0 Å². The smallest absolute Gasteiger partial charge is 0.328 e. The van der Waals surface area contributed by atoms with Crippen LogP contribution in [0.5, 0.6) is 0 Å². The predicted molar refractivity (Wildman–Crippen MR) is 123 cm³/mol. The molecule has 1 aliphatic carbocycles. The highest BCUT2D eigenvalue weighted by Gasteiger charge is 2.59. The number of nitrogens with zero attached hydrogens (tertiary/aromatic N) is 4. The second-order valence-corrected chi connectivity index (χ2v) is 8.97. The van der Waals surface area contributed by atoms with E-state index in [2.05, 4.69) is 10.1 Å². The number of aliphatic carboxylic acids is 2. The lowest BCUT2D eigenvalue weighted by atomic mass is 9.76. The Morgan fingerprint density at radius 1 is 1.19 bits per heavy atom. The van der Waals surface area contributed by atoms with Crippen molar-refractivity contribution in [2.75, 3.05) is 5.73 Å². The van der Waals surface area contributed by atoms with E-state index in [-0.39, 0.29) is 11.5 Å². The van der Waals surface area contributed by atoms with Gasteiger partial charge in [0.05, 0.1) is 11.1 Å². The first-order valence-corrected chi connectivity index (χ1v) is 11.3. The summed E-state index contributed by atoms with van der Waals surface area (Å²) < 4.78 is 12.4. The van der Waals surface area contributed by atoms with Crippen molar-refractivity contribution in [2.45, 2.75) is 63.1 Å². The van der Waals surface area contributed by atoms with Crippen LogP contribution in [0.2, 0.25) is 0 Å². The Labute approximate surface area is 210 Å². The molecule has 4 rings (SSSR count). The van der Waals surface area contributed by atoms with Gasteiger partial charge in [0.2, 0.25) is 11.9 Å². The largest absolute Gasteiger partial charge is 0.478 e. The summed E-state index contributed by atoms with van der Waals surface area (Å²) in [7, 11) is 0. The third-order valence-corrected chi connectivity index (χ3v) is 6.39. The number of nitrogens with two attached hydrogens (primary N) is 1. The van der Waals surface area contributed by atoms with E-state index in [9.17, 15) is 29.9 Å². The number of carboxylic acids is 2. The zero-order chi connectivity index (χ0) is 27.4. The van der Waals surface area contributed by atoms with E-state index in [0.717, 1.165) is 19.3 Å². The van der Waals surface area contributed by atoms with E-state index in [1.807, 2.05) is 13.0 Å². The third-order valence-electron chi connectivity index (χ3n) is 6.39. The number of hydrogen-bond donors (Lipinski definition) is 5. The van der Waals surface area contributed by atoms with Crippen LogP contribution in [0.4, 0.5) is 5.82 Å². The van der Waals surface area contributed by atoms with Crippen LogP contribution >= 0.6 is 0 Å². The molecule has 2 fully saturated rings. The van der Waals surface area contributed by atoms with E-state index >= 15 is 0 Å². The molecule has 6 N–H and O–H groups in total. The van der Waals surface area contributed by atoms with Crippen LogP contribution < -0.4 is 5.73 Å². The monoisotopic (exact) mass is 517 g/mol. The molecule has 4 atom stereocenters. The fourth-order valence-corrected chi connectivity index (χ4v) is 4.33. The highest BCUT2D eigenvalue weighted by molar-refractivity contribution is 5.89. The molecule has 0 spiro atoms. The van der Waals surface area contributed by atoms with Crippen molar-refractivity contribution >= 4 is 29.2 Å². The average Bonchev–Trinajstić information content (AvgIpc) is 3.40. The number of carboxylic acid groups (broad SMARTS) is 2. The number of ether oxygens (including phenoxy) is 2. The van der Waals surface area contributed by atoms with Gasteiger partial charge >= 0.3 is 17.9 Å². The maximum atomic E-state index is 12.8. The minimum Gasteiger partial charge on any atom is -0.478 e. The molecular weight excluding hydrogens is 490 g/mol. The lowest BCUT2D eigenvalue weighted by Crippen LogP contribution is -2.41. The van der Waals surface area contributed by atoms with Gasteiger partial charge in [-0.3, -0.25) is 4.79 Å². The van der Waals surface area contributed by atoms with Crippen molar-refractivity contribution in [1.82, 2.24) is 14.6 Å². The zero-order valence-corrected chi connectivity index (χ0v) is 19.9. The molecule has 14 nitrogen and oxygen atoms in total. The van der Waals surface area contributed by atoms with Gasteiger partial charge in [-0.25, -0.2) is 19.1 Å². The number of nitriles is 1. The summed E-state index contributed by atoms with van der Waals surface area (Å²) in [6.45, 7) is 1.82. The van der Waals surface area contributed by atoms with Crippen molar-refractivity contribution in [3.05, 3.63) is 36.3 Å². The molecule has 2 aromatic rings. The molecule has 0 aromatic carbocycles. The molecule has 2 aliphatic rings. The summed E-state index contributed by atoms with van der Waals surface area (Å²) in [6.07, 6.45) is 1.83. The van der Waals surface area contributed by atoms with Crippen molar-refractivity contribution in [2.24, 2.45) is 5.41 Å². The zero-order valence-electron chi connectivity index (χ0n) is 19.9. The Morgan fingerprint density at radius 2 is 1.81 bits per heavy atom. The van der Waals surface area contributed by atoms with Gasteiger partial charge in [0.1, 0.15) is 30.1 Å². The number of aliphatic hydroxyl groups is 2. The maximum Gasteiger partial charge on any atom is 0.328 e. The minimum atomic E-state index is -1.99. The fraction of sp³-hybridized carbons (Fsp3) is 0.478. The summed E-state index contributed by atoms with van der Waals surface area (Å²) in [5.74, 6) is -2.84. The van der Waals surface area contributed by atoms with Crippen molar-refractivity contribution in [3.63, 3.8) is 0 Å². The topological polar surface area (TPSA) is 231 Å². The van der Waals surface area contributed by atoms with E-state index < -0.39 is 47.4 Å². The molecule has 3 heterocycles. The molecule has 37 heavy (non-hydrogen) atoms. The Morgan fingerprint density at radius 3 is 2.38 bits per heavy atom. The summed E-state index contributed by atoms with van der Waals surface area (Å²) in [6, 6.07) is 5.00. The van der Waals surface area contributed by atoms with Crippen molar-refractivity contribution < 1.29 is 44.3 Å². The van der Waals surface area contributed by atoms with Gasteiger partial charge in [-0.1, -0.05) is 19.3 Å². The second kappa shape index (κ2) is 10.9. The quantitative estimate of drug-likeness (QED) is 0.266. The molecule has 0 bridgehead atoms. The predicted octanol–water partition coefficient (Wildman–Crippen LogP) is 0.334. The number of anilines is 1. The first kappa shape index (κ1) is 27.5. The summed E-state index contributed by atoms with van der Waals surface area (Å²) in [5, 5.41) is 50.8. The third kappa shape index (κ3) is 5.53. The minimum absolute atomic E-state index is 0.151. The van der Waals surface area contributed by atoms with Gasteiger partial charge < -0.3 is 35.6 Å². The number of aromatic nitrogens is 3. The van der Waals surface area contributed by atoms with Crippen LogP contribution in [-0.2, 0) is 29.5 Å². The number of fused-ring (bicyclic) bond motifs is 1. The number of aliphatic hydroxyl groups excluding tert-OH is 2. The molecule has 0 amide bonds. The van der Waals surface area contributed by atoms with Gasteiger partial charge in [-0.15, -0.1) is 0 Å². The van der Waals surface area contributed by atoms with Crippen molar-refractivity contribution in [1.29, 1.82) is 5.26 Å². The summed E-state index contributed by atoms with van der Waals surface area (Å²) in [5.41, 5.74) is 3.73. The van der Waals surface area contributed by atoms with Crippen LogP contribution in [-0.4, -0.2) is 71.4 Å². The number of hydrogen-bond acceptors (Lipinski definition) is 11. The highest BCUT2D eigenvalue weighted by Crippen LogP contribution is 2.43. The van der Waals surface area contributed by atoms with Crippen LogP contribution in [0.25, 0.3) is 5.52 Å². The lowest BCUT2D eigenvalue weighted by Gasteiger charge is -2.32. The number of esters is 1. The van der Waals surface area contributed by atoms with E-state index in [1.54, 1.807) is 6.07 Å².